The zero-order valence-corrected chi connectivity index (χ0v) is 16.1. The Hall–Kier alpha value is -3.11. The van der Waals surface area contributed by atoms with E-state index in [4.69, 9.17) is 11.6 Å². The summed E-state index contributed by atoms with van der Waals surface area (Å²) in [5.74, 6) is -0.443. The largest absolute Gasteiger partial charge is 0.294 e. The van der Waals surface area contributed by atoms with Crippen LogP contribution in [-0.2, 0) is 6.42 Å². The average Bonchev–Trinajstić information content (AvgIpc) is 2.68. The highest BCUT2D eigenvalue weighted by atomic mass is 35.5. The minimum absolute atomic E-state index is 0.162. The van der Waals surface area contributed by atoms with Gasteiger partial charge in [-0.3, -0.25) is 9.78 Å². The zero-order valence-electron chi connectivity index (χ0n) is 15.3. The molecule has 0 amide bonds. The first-order valence-corrected chi connectivity index (χ1v) is 9.06. The number of pyridine rings is 1. The van der Waals surface area contributed by atoms with E-state index in [1.54, 1.807) is 42.6 Å². The summed E-state index contributed by atoms with van der Waals surface area (Å²) in [5.41, 5.74) is 3.92. The van der Waals surface area contributed by atoms with Gasteiger partial charge in [-0.15, -0.1) is 0 Å². The Morgan fingerprint density at radius 3 is 2.61 bits per heavy atom. The van der Waals surface area contributed by atoms with Crippen molar-refractivity contribution in [1.82, 2.24) is 4.98 Å². The van der Waals surface area contributed by atoms with E-state index in [1.165, 1.54) is 19.1 Å². The van der Waals surface area contributed by atoms with Crippen LogP contribution in [0.5, 0.6) is 0 Å². The first-order valence-electron chi connectivity index (χ1n) is 8.69. The fourth-order valence-electron chi connectivity index (χ4n) is 2.91. The molecular formula is C23H18ClFN2O. The van der Waals surface area contributed by atoms with Crippen molar-refractivity contribution < 1.29 is 9.18 Å². The van der Waals surface area contributed by atoms with Crippen molar-refractivity contribution in [2.24, 2.45) is 4.99 Å². The van der Waals surface area contributed by atoms with E-state index in [0.717, 1.165) is 16.8 Å². The Morgan fingerprint density at radius 2 is 1.93 bits per heavy atom. The fraction of sp³-hybridized carbons (Fsp3) is 0.0870. The number of Topliss-reactive ketones (excluding diaryl/α,β-unsaturated/α-hetero) is 1. The molecule has 0 aliphatic rings. The minimum atomic E-state index is -0.281. The highest BCUT2D eigenvalue weighted by molar-refractivity contribution is 6.34. The molecule has 0 unspecified atom stereocenters. The SMILES string of the molecule is C=CC(=Nc1cccc(Cl)c1C(C)=O)c1cccnc1Cc1ccc(F)cc1. The molecule has 0 N–H and O–H groups in total. The molecule has 2 aromatic carbocycles. The third-order valence-electron chi connectivity index (χ3n) is 4.23. The van der Waals surface area contributed by atoms with Crippen molar-refractivity contribution >= 4 is 28.8 Å². The number of rotatable bonds is 6. The normalized spacial score (nSPS) is 11.3. The third kappa shape index (κ3) is 4.41. The summed E-state index contributed by atoms with van der Waals surface area (Å²) in [5, 5.41) is 0.356. The molecular weight excluding hydrogens is 375 g/mol. The number of aliphatic imine (C=N–C) groups is 1. The number of benzene rings is 2. The Kier molecular flexibility index (Phi) is 6.12. The van der Waals surface area contributed by atoms with E-state index >= 15 is 0 Å². The summed E-state index contributed by atoms with van der Waals surface area (Å²) in [4.78, 5) is 21.1. The minimum Gasteiger partial charge on any atom is -0.294 e. The molecule has 0 saturated carbocycles. The summed E-state index contributed by atoms with van der Waals surface area (Å²) in [6.45, 7) is 5.32. The fourth-order valence-corrected chi connectivity index (χ4v) is 3.21. The maximum Gasteiger partial charge on any atom is 0.163 e. The smallest absolute Gasteiger partial charge is 0.163 e. The number of aromatic nitrogens is 1. The van der Waals surface area contributed by atoms with Crippen LogP contribution in [0.4, 0.5) is 10.1 Å². The summed E-state index contributed by atoms with van der Waals surface area (Å²) in [7, 11) is 0. The van der Waals surface area contributed by atoms with Gasteiger partial charge in [0.15, 0.2) is 5.78 Å². The maximum atomic E-state index is 13.2. The summed E-state index contributed by atoms with van der Waals surface area (Å²) in [6.07, 6.45) is 3.83. The van der Waals surface area contributed by atoms with Crippen LogP contribution in [-0.4, -0.2) is 16.5 Å². The Morgan fingerprint density at radius 1 is 1.18 bits per heavy atom. The van der Waals surface area contributed by atoms with Gasteiger partial charge in [0.05, 0.1) is 27.7 Å². The van der Waals surface area contributed by atoms with Gasteiger partial charge in [0, 0.05) is 18.2 Å². The monoisotopic (exact) mass is 392 g/mol. The summed E-state index contributed by atoms with van der Waals surface area (Å²) < 4.78 is 13.2. The molecule has 0 fully saturated rings. The van der Waals surface area contributed by atoms with Gasteiger partial charge in [0.2, 0.25) is 0 Å². The van der Waals surface area contributed by atoms with E-state index in [9.17, 15) is 9.18 Å². The van der Waals surface area contributed by atoms with E-state index < -0.39 is 0 Å². The van der Waals surface area contributed by atoms with E-state index in [-0.39, 0.29) is 11.6 Å². The van der Waals surface area contributed by atoms with Crippen LogP contribution in [0, 0.1) is 5.82 Å². The quantitative estimate of drug-likeness (QED) is 0.383. The van der Waals surface area contributed by atoms with Gasteiger partial charge >= 0.3 is 0 Å². The Labute approximate surface area is 168 Å². The molecule has 3 rings (SSSR count). The molecule has 0 radical (unpaired) electrons. The molecule has 1 heterocycles. The zero-order chi connectivity index (χ0) is 20.1. The number of hydrogen-bond acceptors (Lipinski definition) is 3. The van der Waals surface area contributed by atoms with Gasteiger partial charge < -0.3 is 0 Å². The van der Waals surface area contributed by atoms with Gasteiger partial charge in [-0.05, 0) is 55.0 Å². The highest BCUT2D eigenvalue weighted by Gasteiger charge is 2.14. The van der Waals surface area contributed by atoms with Crippen molar-refractivity contribution in [3.8, 4) is 0 Å². The lowest BCUT2D eigenvalue weighted by molar-refractivity contribution is 0.101. The first kappa shape index (κ1) is 19.6. The van der Waals surface area contributed by atoms with Crippen LogP contribution in [0.2, 0.25) is 5.02 Å². The standard InChI is InChI=1S/C23H18ClFN2O/c1-3-20(27-21-8-4-7-19(24)23(21)15(2)28)18-6-5-13-26-22(18)14-16-9-11-17(25)12-10-16/h3-13H,1,14H2,2H3. The predicted octanol–water partition coefficient (Wildman–Crippen LogP) is 5.97. The van der Waals surface area contributed by atoms with Gasteiger partial charge in [-0.2, -0.15) is 0 Å². The number of ketones is 1. The second-order valence-electron chi connectivity index (χ2n) is 6.19. The molecule has 0 saturated heterocycles. The maximum absolute atomic E-state index is 13.2. The number of carbonyl (C=O) groups excluding carboxylic acids is 1. The van der Waals surface area contributed by atoms with Crippen LogP contribution in [0.15, 0.2) is 78.4 Å². The van der Waals surface area contributed by atoms with Crippen molar-refractivity contribution in [2.45, 2.75) is 13.3 Å². The molecule has 28 heavy (non-hydrogen) atoms. The third-order valence-corrected chi connectivity index (χ3v) is 4.54. The molecule has 0 aliphatic heterocycles. The molecule has 5 heteroatoms. The van der Waals surface area contributed by atoms with Gasteiger partial charge in [-0.25, -0.2) is 9.38 Å². The molecule has 3 aromatic rings. The summed E-state index contributed by atoms with van der Waals surface area (Å²) >= 11 is 6.19. The lowest BCUT2D eigenvalue weighted by atomic mass is 10.0. The number of nitrogens with zero attached hydrogens (tertiary/aromatic N) is 2. The number of halogens is 2. The molecule has 0 spiro atoms. The van der Waals surface area contributed by atoms with Crippen LogP contribution >= 0.6 is 11.6 Å². The average molecular weight is 393 g/mol. The van der Waals surface area contributed by atoms with E-state index in [0.29, 0.717) is 28.4 Å². The van der Waals surface area contributed by atoms with E-state index in [2.05, 4.69) is 16.6 Å². The lowest BCUT2D eigenvalue weighted by Crippen LogP contribution is -2.06. The van der Waals surface area contributed by atoms with Crippen LogP contribution in [0.1, 0.15) is 34.1 Å². The molecule has 3 nitrogen and oxygen atoms in total. The topological polar surface area (TPSA) is 42.3 Å². The van der Waals surface area contributed by atoms with Gasteiger partial charge in [0.1, 0.15) is 5.82 Å². The predicted molar refractivity (Wildman–Crippen MR) is 111 cm³/mol. The molecule has 140 valence electrons. The number of allylic oxidation sites excluding steroid dienone is 1. The Balaban J connectivity index is 2.06. The van der Waals surface area contributed by atoms with Crippen LogP contribution < -0.4 is 0 Å². The number of carbonyl (C=O) groups is 1. The molecule has 0 bridgehead atoms. The Bertz CT molecular complexity index is 1060. The van der Waals surface area contributed by atoms with Crippen LogP contribution in [0.25, 0.3) is 0 Å². The van der Waals surface area contributed by atoms with Crippen molar-refractivity contribution in [3.63, 3.8) is 0 Å². The van der Waals surface area contributed by atoms with Crippen LogP contribution in [0.3, 0.4) is 0 Å². The lowest BCUT2D eigenvalue weighted by Gasteiger charge is -2.11. The first-order chi connectivity index (χ1) is 13.5. The van der Waals surface area contributed by atoms with Gasteiger partial charge in [0.25, 0.3) is 0 Å². The van der Waals surface area contributed by atoms with Crippen molar-refractivity contribution in [3.05, 3.63) is 107 Å². The van der Waals surface area contributed by atoms with E-state index in [1.807, 2.05) is 12.1 Å². The molecule has 0 aliphatic carbocycles. The summed E-state index contributed by atoms with van der Waals surface area (Å²) in [6, 6.07) is 15.1. The molecule has 1 aromatic heterocycles. The second kappa shape index (κ2) is 8.72. The van der Waals surface area contributed by atoms with Crippen molar-refractivity contribution in [2.75, 3.05) is 0 Å². The highest BCUT2D eigenvalue weighted by Crippen LogP contribution is 2.28. The van der Waals surface area contributed by atoms with Gasteiger partial charge in [-0.1, -0.05) is 36.4 Å². The molecule has 0 atom stereocenters. The number of hydrogen-bond donors (Lipinski definition) is 0. The van der Waals surface area contributed by atoms with Crippen molar-refractivity contribution in [1.29, 1.82) is 0 Å². The second-order valence-corrected chi connectivity index (χ2v) is 6.60.